The van der Waals surface area contributed by atoms with Gasteiger partial charge in [0.25, 0.3) is 0 Å². The topological polar surface area (TPSA) is 30.0 Å². The Morgan fingerprint density at radius 1 is 1.21 bits per heavy atom. The van der Waals surface area contributed by atoms with E-state index in [2.05, 4.69) is 20.9 Å². The number of ketones is 1. The minimum Gasteiger partial charge on any atom is -0.289 e. The summed E-state index contributed by atoms with van der Waals surface area (Å²) in [6.07, 6.45) is 7.16. The molecular formula is C16H12BrNO. The summed E-state index contributed by atoms with van der Waals surface area (Å²) < 4.78 is 0.947. The number of hydrogen-bond donors (Lipinski definition) is 0. The Hall–Kier alpha value is -1.74. The molecule has 1 aromatic carbocycles. The van der Waals surface area contributed by atoms with Gasteiger partial charge in [-0.3, -0.25) is 9.78 Å². The molecule has 19 heavy (non-hydrogen) atoms. The summed E-state index contributed by atoms with van der Waals surface area (Å²) >= 11 is 3.42. The van der Waals surface area contributed by atoms with Gasteiger partial charge in [-0.25, -0.2) is 0 Å². The first kappa shape index (κ1) is 12.3. The number of aromatic nitrogens is 1. The Bertz CT molecular complexity index is 662. The first-order valence-corrected chi connectivity index (χ1v) is 6.97. The third-order valence-electron chi connectivity index (χ3n) is 3.30. The fraction of sp³-hybridized carbons (Fsp3) is 0.125. The minimum absolute atomic E-state index is 0.131. The molecule has 2 aromatic rings. The molecule has 94 valence electrons. The average Bonchev–Trinajstić information content (AvgIpc) is 2.44. The molecule has 0 bridgehead atoms. The van der Waals surface area contributed by atoms with Crippen LogP contribution in [0.1, 0.15) is 27.9 Å². The lowest BCUT2D eigenvalue weighted by molar-refractivity contribution is 0.102. The highest BCUT2D eigenvalue weighted by molar-refractivity contribution is 9.10. The number of rotatable bonds is 1. The molecule has 0 spiro atoms. The maximum Gasteiger partial charge on any atom is 0.189 e. The Morgan fingerprint density at radius 2 is 2.11 bits per heavy atom. The van der Waals surface area contributed by atoms with E-state index in [1.165, 1.54) is 0 Å². The number of nitrogens with zero attached hydrogens (tertiary/aromatic N) is 1. The van der Waals surface area contributed by atoms with Gasteiger partial charge in [-0.1, -0.05) is 28.1 Å². The van der Waals surface area contributed by atoms with Gasteiger partial charge in [-0.05, 0) is 48.2 Å². The first-order chi connectivity index (χ1) is 9.24. The molecule has 0 saturated heterocycles. The molecule has 0 unspecified atom stereocenters. The van der Waals surface area contributed by atoms with Crippen molar-refractivity contribution in [1.82, 2.24) is 4.98 Å². The molecule has 0 aliphatic heterocycles. The van der Waals surface area contributed by atoms with Gasteiger partial charge in [-0.2, -0.15) is 0 Å². The molecule has 2 nitrogen and oxygen atoms in total. The smallest absolute Gasteiger partial charge is 0.189 e. The van der Waals surface area contributed by atoms with Gasteiger partial charge in [0.2, 0.25) is 0 Å². The molecule has 0 fully saturated rings. The van der Waals surface area contributed by atoms with Crippen LogP contribution >= 0.6 is 15.9 Å². The van der Waals surface area contributed by atoms with Crippen molar-refractivity contribution in [1.29, 1.82) is 0 Å². The number of allylic oxidation sites excluding steroid dienone is 1. The number of Topliss-reactive ketones (excluding diaryl/α,β-unsaturated/α-hetero) is 1. The van der Waals surface area contributed by atoms with Crippen molar-refractivity contribution in [2.45, 2.75) is 12.8 Å². The zero-order valence-electron chi connectivity index (χ0n) is 10.3. The minimum atomic E-state index is 0.131. The number of carbonyl (C=O) groups excluding carboxylic acids is 1. The van der Waals surface area contributed by atoms with Crippen LogP contribution in [0.25, 0.3) is 6.08 Å². The second-order valence-electron chi connectivity index (χ2n) is 4.59. The zero-order chi connectivity index (χ0) is 13.2. The second-order valence-corrected chi connectivity index (χ2v) is 5.50. The van der Waals surface area contributed by atoms with E-state index in [9.17, 15) is 4.79 Å². The Labute approximate surface area is 120 Å². The van der Waals surface area contributed by atoms with Crippen LogP contribution in [0.15, 0.2) is 52.8 Å². The molecule has 3 rings (SSSR count). The Kier molecular flexibility index (Phi) is 3.30. The van der Waals surface area contributed by atoms with Crippen molar-refractivity contribution in [2.75, 3.05) is 0 Å². The Morgan fingerprint density at radius 3 is 2.89 bits per heavy atom. The summed E-state index contributed by atoms with van der Waals surface area (Å²) in [6, 6.07) is 9.77. The van der Waals surface area contributed by atoms with E-state index < -0.39 is 0 Å². The summed E-state index contributed by atoms with van der Waals surface area (Å²) in [6.45, 7) is 0. The first-order valence-electron chi connectivity index (χ1n) is 6.18. The second kappa shape index (κ2) is 5.10. The highest BCUT2D eigenvalue weighted by Crippen LogP contribution is 2.28. The monoisotopic (exact) mass is 313 g/mol. The standard InChI is InChI=1S/C16H12BrNO/c17-14-6-5-12-3-4-13(16(19)15(12)9-14)8-11-2-1-7-18-10-11/h1-2,5-10H,3-4H2/b13-8+. The van der Waals surface area contributed by atoms with Crippen LogP contribution in [-0.4, -0.2) is 10.8 Å². The molecule has 1 aromatic heterocycles. The van der Waals surface area contributed by atoms with Crippen LogP contribution in [0.4, 0.5) is 0 Å². The maximum atomic E-state index is 12.5. The Balaban J connectivity index is 2.00. The van der Waals surface area contributed by atoms with E-state index in [4.69, 9.17) is 0 Å². The van der Waals surface area contributed by atoms with Crippen molar-refractivity contribution < 1.29 is 4.79 Å². The van der Waals surface area contributed by atoms with Crippen LogP contribution in [0.2, 0.25) is 0 Å². The summed E-state index contributed by atoms with van der Waals surface area (Å²) in [7, 11) is 0. The SMILES string of the molecule is O=C1/C(=C/c2cccnc2)CCc2ccc(Br)cc21. The molecule has 3 heteroatoms. The lowest BCUT2D eigenvalue weighted by Gasteiger charge is -2.17. The van der Waals surface area contributed by atoms with E-state index in [1.54, 1.807) is 12.4 Å². The molecule has 0 saturated carbocycles. The lowest BCUT2D eigenvalue weighted by Crippen LogP contribution is -2.14. The average molecular weight is 314 g/mol. The van der Waals surface area contributed by atoms with Crippen molar-refractivity contribution in [2.24, 2.45) is 0 Å². The number of benzene rings is 1. The van der Waals surface area contributed by atoms with E-state index in [1.807, 2.05) is 36.4 Å². The summed E-state index contributed by atoms with van der Waals surface area (Å²) in [5, 5.41) is 0. The van der Waals surface area contributed by atoms with Crippen LogP contribution in [0.3, 0.4) is 0 Å². The van der Waals surface area contributed by atoms with Gasteiger partial charge in [0.15, 0.2) is 5.78 Å². The van der Waals surface area contributed by atoms with Crippen molar-refractivity contribution in [3.05, 3.63) is 69.5 Å². The van der Waals surface area contributed by atoms with Gasteiger partial charge in [0.1, 0.15) is 0 Å². The third-order valence-corrected chi connectivity index (χ3v) is 3.79. The predicted octanol–water partition coefficient (Wildman–Crippen LogP) is 4.06. The highest BCUT2D eigenvalue weighted by Gasteiger charge is 2.21. The molecule has 1 aliphatic carbocycles. The van der Waals surface area contributed by atoms with Crippen molar-refractivity contribution in [3.8, 4) is 0 Å². The lowest BCUT2D eigenvalue weighted by atomic mass is 9.86. The number of carbonyl (C=O) groups is 1. The molecule has 1 heterocycles. The van der Waals surface area contributed by atoms with E-state index in [-0.39, 0.29) is 5.78 Å². The molecule has 1 aliphatic rings. The van der Waals surface area contributed by atoms with E-state index in [0.29, 0.717) is 0 Å². The molecule has 0 atom stereocenters. The highest BCUT2D eigenvalue weighted by atomic mass is 79.9. The van der Waals surface area contributed by atoms with Gasteiger partial charge in [-0.15, -0.1) is 0 Å². The third kappa shape index (κ3) is 2.51. The summed E-state index contributed by atoms with van der Waals surface area (Å²) in [5.74, 6) is 0.131. The number of fused-ring (bicyclic) bond motifs is 1. The van der Waals surface area contributed by atoms with Gasteiger partial charge in [0, 0.05) is 28.0 Å². The van der Waals surface area contributed by atoms with Crippen molar-refractivity contribution in [3.63, 3.8) is 0 Å². The largest absolute Gasteiger partial charge is 0.289 e. The van der Waals surface area contributed by atoms with Crippen LogP contribution in [0.5, 0.6) is 0 Å². The fourth-order valence-corrected chi connectivity index (χ4v) is 2.70. The maximum absolute atomic E-state index is 12.5. The molecule has 0 radical (unpaired) electrons. The van der Waals surface area contributed by atoms with Gasteiger partial charge in [0.05, 0.1) is 0 Å². The molecule has 0 amide bonds. The normalized spacial score (nSPS) is 16.5. The summed E-state index contributed by atoms with van der Waals surface area (Å²) in [5.41, 5.74) is 3.79. The van der Waals surface area contributed by atoms with Crippen LogP contribution in [-0.2, 0) is 6.42 Å². The number of halogens is 1. The van der Waals surface area contributed by atoms with Crippen molar-refractivity contribution >= 4 is 27.8 Å². The predicted molar refractivity (Wildman–Crippen MR) is 79.0 cm³/mol. The van der Waals surface area contributed by atoms with Gasteiger partial charge < -0.3 is 0 Å². The van der Waals surface area contributed by atoms with Crippen LogP contribution in [0, 0.1) is 0 Å². The quantitative estimate of drug-likeness (QED) is 0.743. The molecular weight excluding hydrogens is 302 g/mol. The number of aryl methyl sites for hydroxylation is 1. The zero-order valence-corrected chi connectivity index (χ0v) is 11.9. The summed E-state index contributed by atoms with van der Waals surface area (Å²) in [4.78, 5) is 16.5. The number of pyridine rings is 1. The number of hydrogen-bond acceptors (Lipinski definition) is 2. The fourth-order valence-electron chi connectivity index (χ4n) is 2.33. The van der Waals surface area contributed by atoms with Gasteiger partial charge >= 0.3 is 0 Å². The van der Waals surface area contributed by atoms with E-state index >= 15 is 0 Å². The van der Waals surface area contributed by atoms with E-state index in [0.717, 1.165) is 39.6 Å². The molecule has 0 N–H and O–H groups in total. The van der Waals surface area contributed by atoms with Crippen LogP contribution < -0.4 is 0 Å².